The number of benzene rings is 1. The monoisotopic (exact) mass is 347 g/mol. The third-order valence-electron chi connectivity index (χ3n) is 2.47. The molecule has 20 heavy (non-hydrogen) atoms. The Kier molecular flexibility index (Phi) is 4.29. The standard InChI is InChI=1S/C13H9BrF3NO2/c14-9-3-11(6-18-5-9)20-10-2-1-8(7-19)12(4-10)13(15,16)17/h1-6,19H,7H2. The van der Waals surface area contributed by atoms with Crippen molar-refractivity contribution in [2.75, 3.05) is 0 Å². The molecule has 2 rings (SSSR count). The van der Waals surface area contributed by atoms with Crippen molar-refractivity contribution in [3.8, 4) is 11.5 Å². The van der Waals surface area contributed by atoms with E-state index >= 15 is 0 Å². The molecule has 0 aliphatic rings. The van der Waals surface area contributed by atoms with Gasteiger partial charge < -0.3 is 9.84 Å². The van der Waals surface area contributed by atoms with E-state index in [9.17, 15) is 13.2 Å². The summed E-state index contributed by atoms with van der Waals surface area (Å²) >= 11 is 3.19. The van der Waals surface area contributed by atoms with Gasteiger partial charge in [-0.2, -0.15) is 13.2 Å². The molecule has 1 aromatic carbocycles. The molecular weight excluding hydrogens is 339 g/mol. The predicted molar refractivity (Wildman–Crippen MR) is 69.4 cm³/mol. The summed E-state index contributed by atoms with van der Waals surface area (Å²) in [5.41, 5.74) is -1.11. The Bertz CT molecular complexity index is 617. The quantitative estimate of drug-likeness (QED) is 0.906. The number of pyridine rings is 1. The minimum absolute atomic E-state index is 0.0226. The third-order valence-corrected chi connectivity index (χ3v) is 2.91. The van der Waals surface area contributed by atoms with Crippen LogP contribution < -0.4 is 4.74 Å². The van der Waals surface area contributed by atoms with E-state index in [0.717, 1.165) is 6.07 Å². The summed E-state index contributed by atoms with van der Waals surface area (Å²) in [6.07, 6.45) is -1.63. The highest BCUT2D eigenvalue weighted by Gasteiger charge is 2.33. The number of halogens is 4. The molecule has 7 heteroatoms. The minimum Gasteiger partial charge on any atom is -0.456 e. The highest BCUT2D eigenvalue weighted by atomic mass is 79.9. The second kappa shape index (κ2) is 5.80. The molecule has 0 radical (unpaired) electrons. The summed E-state index contributed by atoms with van der Waals surface area (Å²) < 4.78 is 44.5. The topological polar surface area (TPSA) is 42.4 Å². The highest BCUT2D eigenvalue weighted by molar-refractivity contribution is 9.10. The van der Waals surface area contributed by atoms with Crippen LogP contribution in [0.2, 0.25) is 0 Å². The van der Waals surface area contributed by atoms with E-state index in [0.29, 0.717) is 10.2 Å². The average Bonchev–Trinajstić information content (AvgIpc) is 2.37. The van der Waals surface area contributed by atoms with Gasteiger partial charge in [0, 0.05) is 10.7 Å². The van der Waals surface area contributed by atoms with Crippen LogP contribution in [-0.2, 0) is 12.8 Å². The minimum atomic E-state index is -4.55. The van der Waals surface area contributed by atoms with Gasteiger partial charge in [0.15, 0.2) is 0 Å². The highest BCUT2D eigenvalue weighted by Crippen LogP contribution is 2.35. The first-order valence-electron chi connectivity index (χ1n) is 5.49. The second-order valence-electron chi connectivity index (χ2n) is 3.92. The lowest BCUT2D eigenvalue weighted by molar-refractivity contribution is -0.138. The van der Waals surface area contributed by atoms with Gasteiger partial charge in [-0.3, -0.25) is 4.98 Å². The molecule has 0 bridgehead atoms. The van der Waals surface area contributed by atoms with Crippen molar-refractivity contribution >= 4 is 15.9 Å². The lowest BCUT2D eigenvalue weighted by Gasteiger charge is -2.13. The van der Waals surface area contributed by atoms with E-state index in [-0.39, 0.29) is 11.3 Å². The molecule has 0 aliphatic heterocycles. The van der Waals surface area contributed by atoms with Gasteiger partial charge in [-0.05, 0) is 39.7 Å². The smallest absolute Gasteiger partial charge is 0.416 e. The van der Waals surface area contributed by atoms with Gasteiger partial charge in [0.1, 0.15) is 11.5 Å². The fraction of sp³-hybridized carbons (Fsp3) is 0.154. The van der Waals surface area contributed by atoms with E-state index in [4.69, 9.17) is 9.84 Å². The maximum Gasteiger partial charge on any atom is 0.416 e. The van der Waals surface area contributed by atoms with E-state index in [1.54, 1.807) is 6.07 Å². The van der Waals surface area contributed by atoms with Gasteiger partial charge in [-0.1, -0.05) is 6.07 Å². The Hall–Kier alpha value is -1.60. The fourth-order valence-electron chi connectivity index (χ4n) is 1.61. The SMILES string of the molecule is OCc1ccc(Oc2cncc(Br)c2)cc1C(F)(F)F. The summed E-state index contributed by atoms with van der Waals surface area (Å²) in [4.78, 5) is 3.85. The first kappa shape index (κ1) is 14.8. The number of hydrogen-bond donors (Lipinski definition) is 1. The number of aromatic nitrogens is 1. The molecule has 0 saturated carbocycles. The molecule has 2 aromatic rings. The first-order chi connectivity index (χ1) is 9.40. The number of aliphatic hydroxyl groups excluding tert-OH is 1. The van der Waals surface area contributed by atoms with Crippen molar-refractivity contribution in [2.45, 2.75) is 12.8 Å². The lowest BCUT2D eigenvalue weighted by Crippen LogP contribution is -2.09. The zero-order chi connectivity index (χ0) is 14.8. The predicted octanol–water partition coefficient (Wildman–Crippen LogP) is 4.15. The van der Waals surface area contributed by atoms with Crippen molar-refractivity contribution < 1.29 is 23.0 Å². The van der Waals surface area contributed by atoms with Crippen LogP contribution in [0.4, 0.5) is 13.2 Å². The largest absolute Gasteiger partial charge is 0.456 e. The summed E-state index contributed by atoms with van der Waals surface area (Å²) in [6.45, 7) is -0.687. The maximum absolute atomic E-state index is 12.8. The molecule has 0 fully saturated rings. The molecule has 0 aliphatic carbocycles. The van der Waals surface area contributed by atoms with Crippen molar-refractivity contribution in [1.29, 1.82) is 0 Å². The van der Waals surface area contributed by atoms with Crippen LogP contribution in [-0.4, -0.2) is 10.1 Å². The Morgan fingerprint density at radius 1 is 1.15 bits per heavy atom. The van der Waals surface area contributed by atoms with Crippen molar-refractivity contribution in [1.82, 2.24) is 4.98 Å². The third kappa shape index (κ3) is 3.49. The molecule has 1 heterocycles. The molecule has 0 unspecified atom stereocenters. The summed E-state index contributed by atoms with van der Waals surface area (Å²) in [6, 6.07) is 4.98. The molecular formula is C13H9BrF3NO2. The van der Waals surface area contributed by atoms with E-state index in [1.165, 1.54) is 24.5 Å². The molecule has 1 N–H and O–H groups in total. The van der Waals surface area contributed by atoms with Crippen LogP contribution in [0, 0.1) is 0 Å². The van der Waals surface area contributed by atoms with Crippen LogP contribution in [0.1, 0.15) is 11.1 Å². The summed E-state index contributed by atoms with van der Waals surface area (Å²) in [7, 11) is 0. The molecule has 0 spiro atoms. The number of ether oxygens (including phenoxy) is 1. The van der Waals surface area contributed by atoms with Crippen molar-refractivity contribution in [3.63, 3.8) is 0 Å². The van der Waals surface area contributed by atoms with Gasteiger partial charge in [-0.25, -0.2) is 0 Å². The number of rotatable bonds is 3. The van der Waals surface area contributed by atoms with Crippen LogP contribution in [0.3, 0.4) is 0 Å². The molecule has 0 saturated heterocycles. The van der Waals surface area contributed by atoms with Crippen molar-refractivity contribution in [3.05, 3.63) is 52.3 Å². The zero-order valence-corrected chi connectivity index (χ0v) is 11.6. The number of nitrogens with zero attached hydrogens (tertiary/aromatic N) is 1. The van der Waals surface area contributed by atoms with Crippen molar-refractivity contribution in [2.24, 2.45) is 0 Å². The van der Waals surface area contributed by atoms with Crippen LogP contribution in [0.25, 0.3) is 0 Å². The van der Waals surface area contributed by atoms with E-state index in [1.807, 2.05) is 0 Å². The summed E-state index contributed by atoms with van der Waals surface area (Å²) in [5.74, 6) is 0.332. The van der Waals surface area contributed by atoms with Crippen LogP contribution in [0.15, 0.2) is 41.1 Å². The second-order valence-corrected chi connectivity index (χ2v) is 4.83. The number of alkyl halides is 3. The van der Waals surface area contributed by atoms with Crippen LogP contribution >= 0.6 is 15.9 Å². The molecule has 1 aromatic heterocycles. The fourth-order valence-corrected chi connectivity index (χ4v) is 1.95. The van der Waals surface area contributed by atoms with Gasteiger partial charge in [-0.15, -0.1) is 0 Å². The lowest BCUT2D eigenvalue weighted by atomic mass is 10.1. The van der Waals surface area contributed by atoms with E-state index in [2.05, 4.69) is 20.9 Å². The Morgan fingerprint density at radius 3 is 2.50 bits per heavy atom. The Morgan fingerprint density at radius 2 is 1.90 bits per heavy atom. The molecule has 0 atom stereocenters. The Labute approximate surface area is 121 Å². The van der Waals surface area contributed by atoms with Gasteiger partial charge in [0.05, 0.1) is 18.4 Å². The average molecular weight is 348 g/mol. The number of aliphatic hydroxyl groups is 1. The maximum atomic E-state index is 12.8. The summed E-state index contributed by atoms with van der Waals surface area (Å²) in [5, 5.41) is 8.94. The normalized spacial score (nSPS) is 11.4. The van der Waals surface area contributed by atoms with E-state index < -0.39 is 18.3 Å². The Balaban J connectivity index is 2.34. The first-order valence-corrected chi connectivity index (χ1v) is 6.29. The zero-order valence-electron chi connectivity index (χ0n) is 9.99. The van der Waals surface area contributed by atoms with Crippen LogP contribution in [0.5, 0.6) is 11.5 Å². The molecule has 3 nitrogen and oxygen atoms in total. The van der Waals surface area contributed by atoms with Gasteiger partial charge in [0.25, 0.3) is 0 Å². The molecule has 106 valence electrons. The number of hydrogen-bond acceptors (Lipinski definition) is 3. The van der Waals surface area contributed by atoms with Gasteiger partial charge in [0.2, 0.25) is 0 Å². The molecule has 0 amide bonds. The van der Waals surface area contributed by atoms with Gasteiger partial charge >= 0.3 is 6.18 Å².